The van der Waals surface area contributed by atoms with Gasteiger partial charge in [0.15, 0.2) is 0 Å². The van der Waals surface area contributed by atoms with Gasteiger partial charge in [-0.05, 0) is 37.0 Å². The Morgan fingerprint density at radius 2 is 1.94 bits per heavy atom. The zero-order valence-corrected chi connectivity index (χ0v) is 10.8. The third kappa shape index (κ3) is 2.42. The van der Waals surface area contributed by atoms with E-state index in [2.05, 4.69) is 12.2 Å². The second kappa shape index (κ2) is 4.52. The average molecular weight is 283 g/mol. The molecule has 0 aliphatic heterocycles. The Labute approximate surface area is 105 Å². The molecule has 0 aromatic heterocycles. The molecule has 18 heavy (non-hydrogen) atoms. The lowest BCUT2D eigenvalue weighted by atomic mass is 9.91. The topological polar surface area (TPSA) is 37.4 Å². The zero-order chi connectivity index (χ0) is 13.6. The van der Waals surface area contributed by atoms with Gasteiger partial charge in [-0.3, -0.25) is 0 Å². The van der Waals surface area contributed by atoms with Crippen LogP contribution in [0, 0.1) is 17.8 Å². The summed E-state index contributed by atoms with van der Waals surface area (Å²) in [5.74, 6) is 1.30. The van der Waals surface area contributed by atoms with Crippen molar-refractivity contribution in [1.29, 1.82) is 0 Å². The van der Waals surface area contributed by atoms with Crippen molar-refractivity contribution in [3.05, 3.63) is 12.2 Å². The summed E-state index contributed by atoms with van der Waals surface area (Å²) >= 11 is 0. The minimum atomic E-state index is -5.20. The predicted molar refractivity (Wildman–Crippen MR) is 61.1 cm³/mol. The Hall–Kier alpha value is -0.560. The van der Waals surface area contributed by atoms with Gasteiger partial charge in [-0.25, -0.2) is 8.42 Å². The van der Waals surface area contributed by atoms with Crippen LogP contribution >= 0.6 is 0 Å². The molecule has 2 rings (SSSR count). The van der Waals surface area contributed by atoms with Gasteiger partial charge in [-0.2, -0.15) is 17.5 Å². The van der Waals surface area contributed by atoms with E-state index >= 15 is 0 Å². The fourth-order valence-corrected chi connectivity index (χ4v) is 3.57. The molecule has 3 unspecified atom stereocenters. The van der Waals surface area contributed by atoms with Crippen LogP contribution in [-0.2, 0) is 10.0 Å². The highest BCUT2D eigenvalue weighted by Gasteiger charge is 2.48. The summed E-state index contributed by atoms with van der Waals surface area (Å²) in [5, 5.41) is 0. The molecule has 0 saturated heterocycles. The summed E-state index contributed by atoms with van der Waals surface area (Å²) in [5.41, 5.74) is -5.20. The number of alkyl halides is 3. The van der Waals surface area contributed by atoms with E-state index in [9.17, 15) is 21.6 Å². The van der Waals surface area contributed by atoms with Gasteiger partial charge in [0.05, 0.1) is 0 Å². The number of rotatable bonds is 4. The van der Waals surface area contributed by atoms with E-state index in [1.165, 1.54) is 0 Å². The Morgan fingerprint density at radius 1 is 1.28 bits per heavy atom. The van der Waals surface area contributed by atoms with Crippen LogP contribution in [0.1, 0.15) is 19.3 Å². The lowest BCUT2D eigenvalue weighted by Crippen LogP contribution is -2.39. The van der Waals surface area contributed by atoms with E-state index in [0.717, 1.165) is 19.9 Å². The summed E-state index contributed by atoms with van der Waals surface area (Å²) in [4.78, 5) is 0. The maximum Gasteiger partial charge on any atom is 0.511 e. The monoisotopic (exact) mass is 283 g/mol. The van der Waals surface area contributed by atoms with Crippen LogP contribution in [0.5, 0.6) is 0 Å². The van der Waals surface area contributed by atoms with Gasteiger partial charge < -0.3 is 0 Å². The highest BCUT2D eigenvalue weighted by atomic mass is 32.2. The van der Waals surface area contributed by atoms with Crippen molar-refractivity contribution in [3.8, 4) is 0 Å². The fourth-order valence-electron chi connectivity index (χ4n) is 2.87. The molecule has 0 amide bonds. The summed E-state index contributed by atoms with van der Waals surface area (Å²) in [6.07, 6.45) is 6.80. The number of halogens is 3. The van der Waals surface area contributed by atoms with Crippen molar-refractivity contribution >= 4 is 10.0 Å². The quantitative estimate of drug-likeness (QED) is 0.743. The molecule has 1 saturated carbocycles. The van der Waals surface area contributed by atoms with Gasteiger partial charge >= 0.3 is 15.5 Å². The molecule has 2 bridgehead atoms. The lowest BCUT2D eigenvalue weighted by Gasteiger charge is -2.23. The minimum Gasteiger partial charge on any atom is -0.203 e. The Balaban J connectivity index is 1.89. The van der Waals surface area contributed by atoms with Gasteiger partial charge in [-0.15, -0.1) is 0 Å². The van der Waals surface area contributed by atoms with Gasteiger partial charge in [-0.1, -0.05) is 12.2 Å². The molecule has 2 aliphatic rings. The first kappa shape index (κ1) is 13.9. The van der Waals surface area contributed by atoms with E-state index in [1.807, 2.05) is 0 Å². The van der Waals surface area contributed by atoms with E-state index in [-0.39, 0.29) is 6.54 Å². The Bertz CT molecular complexity index is 444. The van der Waals surface area contributed by atoms with Crippen molar-refractivity contribution in [2.24, 2.45) is 17.8 Å². The number of hydrogen-bond acceptors (Lipinski definition) is 2. The highest BCUT2D eigenvalue weighted by Crippen LogP contribution is 2.45. The highest BCUT2D eigenvalue weighted by molar-refractivity contribution is 7.89. The largest absolute Gasteiger partial charge is 0.511 e. The Kier molecular flexibility index (Phi) is 3.48. The van der Waals surface area contributed by atoms with Crippen LogP contribution < -0.4 is 0 Å². The molecular formula is C11H16F3NO2S. The van der Waals surface area contributed by atoms with Crippen LogP contribution in [0.15, 0.2) is 12.2 Å². The second-order valence-electron chi connectivity index (χ2n) is 5.10. The third-order valence-corrected chi connectivity index (χ3v) is 5.52. The number of hydrogen-bond donors (Lipinski definition) is 0. The standard InChI is InChI=1S/C11H16F3NO2S/c1-15(18(16,17)11(12,13)14)5-4-10-7-8-2-3-9(10)6-8/h2-3,8-10H,4-7H2,1H3. The van der Waals surface area contributed by atoms with Crippen molar-refractivity contribution in [2.75, 3.05) is 13.6 Å². The minimum absolute atomic E-state index is 0.0659. The molecule has 0 spiro atoms. The molecule has 104 valence electrons. The SMILES string of the molecule is CN(CCC1CC2C=CC1C2)S(=O)(=O)C(F)(F)F. The molecule has 0 heterocycles. The number of sulfonamides is 1. The average Bonchev–Trinajstić information content (AvgIpc) is 2.85. The molecule has 3 atom stereocenters. The van der Waals surface area contributed by atoms with Crippen molar-refractivity contribution in [2.45, 2.75) is 24.8 Å². The summed E-state index contributed by atoms with van der Waals surface area (Å²) in [6.45, 7) is -0.0659. The lowest BCUT2D eigenvalue weighted by molar-refractivity contribution is -0.0483. The van der Waals surface area contributed by atoms with E-state index < -0.39 is 15.5 Å². The molecule has 0 aromatic carbocycles. The van der Waals surface area contributed by atoms with E-state index in [0.29, 0.717) is 28.5 Å². The van der Waals surface area contributed by atoms with Gasteiger partial charge in [0.1, 0.15) is 0 Å². The summed E-state index contributed by atoms with van der Waals surface area (Å²) in [6, 6.07) is 0. The molecule has 0 aromatic rings. The van der Waals surface area contributed by atoms with Crippen LogP contribution in [0.25, 0.3) is 0 Å². The molecule has 0 radical (unpaired) electrons. The van der Waals surface area contributed by atoms with Crippen LogP contribution in [0.3, 0.4) is 0 Å². The molecule has 1 fully saturated rings. The first-order valence-electron chi connectivity index (χ1n) is 5.92. The van der Waals surface area contributed by atoms with Crippen LogP contribution in [0.2, 0.25) is 0 Å². The summed E-state index contributed by atoms with van der Waals surface area (Å²) < 4.78 is 59.5. The van der Waals surface area contributed by atoms with Gasteiger partial charge in [0.25, 0.3) is 0 Å². The van der Waals surface area contributed by atoms with Gasteiger partial charge in [0.2, 0.25) is 0 Å². The third-order valence-electron chi connectivity index (χ3n) is 3.93. The first-order valence-corrected chi connectivity index (χ1v) is 7.37. The maximum atomic E-state index is 12.3. The smallest absolute Gasteiger partial charge is 0.203 e. The molecule has 2 aliphatic carbocycles. The maximum absolute atomic E-state index is 12.3. The van der Waals surface area contributed by atoms with E-state index in [4.69, 9.17) is 0 Å². The second-order valence-corrected chi connectivity index (χ2v) is 7.14. The fraction of sp³-hybridized carbons (Fsp3) is 0.818. The normalized spacial score (nSPS) is 31.5. The summed E-state index contributed by atoms with van der Waals surface area (Å²) in [7, 11) is -4.17. The Morgan fingerprint density at radius 3 is 2.39 bits per heavy atom. The van der Waals surface area contributed by atoms with Crippen LogP contribution in [-0.4, -0.2) is 31.8 Å². The van der Waals surface area contributed by atoms with Crippen molar-refractivity contribution < 1.29 is 21.6 Å². The van der Waals surface area contributed by atoms with Crippen molar-refractivity contribution in [3.63, 3.8) is 0 Å². The van der Waals surface area contributed by atoms with Gasteiger partial charge in [0, 0.05) is 13.6 Å². The molecule has 7 heteroatoms. The molecule has 0 N–H and O–H groups in total. The number of allylic oxidation sites excluding steroid dienone is 2. The first-order chi connectivity index (χ1) is 8.22. The van der Waals surface area contributed by atoms with Crippen LogP contribution in [0.4, 0.5) is 13.2 Å². The van der Waals surface area contributed by atoms with Crippen molar-refractivity contribution in [1.82, 2.24) is 4.31 Å². The molecule has 3 nitrogen and oxygen atoms in total. The predicted octanol–water partition coefficient (Wildman–Crippen LogP) is 2.37. The number of fused-ring (bicyclic) bond motifs is 2. The molecular weight excluding hydrogens is 267 g/mol. The zero-order valence-electron chi connectivity index (χ0n) is 10.0. The van der Waals surface area contributed by atoms with E-state index in [1.54, 1.807) is 0 Å². The number of nitrogens with zero attached hydrogens (tertiary/aromatic N) is 1.